The van der Waals surface area contributed by atoms with Crippen LogP contribution < -0.4 is 9.47 Å². The summed E-state index contributed by atoms with van der Waals surface area (Å²) in [4.78, 5) is 11.8. The molecule has 0 saturated carbocycles. The fourth-order valence-electron chi connectivity index (χ4n) is 2.22. The van der Waals surface area contributed by atoms with E-state index in [0.717, 1.165) is 16.6 Å². The van der Waals surface area contributed by atoms with Crippen molar-refractivity contribution in [1.29, 1.82) is 0 Å². The normalized spacial score (nSPS) is 12.3. The van der Waals surface area contributed by atoms with Crippen molar-refractivity contribution in [3.05, 3.63) is 36.7 Å². The topological polar surface area (TPSA) is 83.1 Å². The average molecular weight is 331 g/mol. The standard InChI is InChI=1S/C16H17N3O3S/c1-21-15-9-11(22-7-8-23(2)20)3-4-12(15)16-18-13-5-6-17-10-14(13)19-16/h3-6,9-10H,7-8H2,1-2H3,(H,18,19). The van der Waals surface area contributed by atoms with E-state index in [2.05, 4.69) is 15.0 Å². The Bertz CT molecular complexity index is 771. The van der Waals surface area contributed by atoms with Crippen molar-refractivity contribution in [2.45, 2.75) is 0 Å². The Labute approximate surface area is 137 Å². The molecule has 0 fully saturated rings. The number of aromatic nitrogens is 3. The van der Waals surface area contributed by atoms with E-state index in [0.29, 0.717) is 29.7 Å². The number of fused-ring (bicyclic) bond motifs is 1. The Morgan fingerprint density at radius 1 is 1.30 bits per heavy atom. The van der Waals surface area contributed by atoms with Crippen LogP contribution in [0.5, 0.6) is 11.5 Å². The number of hydrogen-bond acceptors (Lipinski definition) is 5. The number of pyridine rings is 1. The number of benzene rings is 1. The molecule has 0 radical (unpaired) electrons. The fourth-order valence-corrected chi connectivity index (χ4v) is 2.54. The van der Waals surface area contributed by atoms with Crippen LogP contribution in [0, 0.1) is 0 Å². The summed E-state index contributed by atoms with van der Waals surface area (Å²) < 4.78 is 22.1. The Balaban J connectivity index is 1.87. The van der Waals surface area contributed by atoms with E-state index >= 15 is 0 Å². The van der Waals surface area contributed by atoms with Crippen molar-refractivity contribution in [2.24, 2.45) is 0 Å². The summed E-state index contributed by atoms with van der Waals surface area (Å²) in [6.07, 6.45) is 5.09. The van der Waals surface area contributed by atoms with Gasteiger partial charge in [0.05, 0.1) is 30.6 Å². The molecule has 0 aliphatic carbocycles. The predicted octanol–water partition coefficient (Wildman–Crippen LogP) is 2.39. The average Bonchev–Trinajstić information content (AvgIpc) is 2.98. The Hall–Kier alpha value is -2.25. The zero-order valence-corrected chi connectivity index (χ0v) is 13.7. The summed E-state index contributed by atoms with van der Waals surface area (Å²) >= 11 is -0.867. The molecule has 3 aromatic rings. The van der Waals surface area contributed by atoms with Crippen LogP contribution in [0.15, 0.2) is 36.7 Å². The molecule has 1 atom stereocenters. The lowest BCUT2D eigenvalue weighted by Crippen LogP contribution is -2.12. The summed E-state index contributed by atoms with van der Waals surface area (Å²) in [5.74, 6) is 2.55. The number of nitrogens with zero attached hydrogens (tertiary/aromatic N) is 2. The van der Waals surface area contributed by atoms with Crippen molar-refractivity contribution >= 4 is 22.2 Å². The van der Waals surface area contributed by atoms with Crippen LogP contribution in [0.25, 0.3) is 22.4 Å². The number of hydrogen-bond donors (Lipinski definition) is 1. The van der Waals surface area contributed by atoms with Crippen LogP contribution in [-0.2, 0) is 11.2 Å². The van der Waals surface area contributed by atoms with Gasteiger partial charge in [-0.25, -0.2) is 4.98 Å². The molecular formula is C16H17N3O3S. The van der Waals surface area contributed by atoms with Gasteiger partial charge in [0, 0.05) is 12.3 Å². The van der Waals surface area contributed by atoms with Crippen molar-refractivity contribution in [2.75, 3.05) is 25.7 Å². The lowest BCUT2D eigenvalue weighted by atomic mass is 10.2. The maximum Gasteiger partial charge on any atom is 0.142 e. The molecule has 0 spiro atoms. The highest BCUT2D eigenvalue weighted by Crippen LogP contribution is 2.32. The van der Waals surface area contributed by atoms with E-state index in [4.69, 9.17) is 9.47 Å². The van der Waals surface area contributed by atoms with E-state index in [1.54, 1.807) is 31.8 Å². The van der Waals surface area contributed by atoms with Crippen LogP contribution in [0.1, 0.15) is 0 Å². The molecule has 1 aromatic carbocycles. The van der Waals surface area contributed by atoms with Gasteiger partial charge < -0.3 is 19.0 Å². The molecule has 7 heteroatoms. The highest BCUT2D eigenvalue weighted by molar-refractivity contribution is 7.90. The Morgan fingerprint density at radius 2 is 2.17 bits per heavy atom. The molecule has 3 rings (SSSR count). The summed E-state index contributed by atoms with van der Waals surface area (Å²) in [5.41, 5.74) is 2.56. The molecule has 0 bridgehead atoms. The number of methoxy groups -OCH3 is 1. The molecule has 1 N–H and O–H groups in total. The number of aromatic amines is 1. The summed E-state index contributed by atoms with van der Waals surface area (Å²) in [6.45, 7) is 0.405. The minimum atomic E-state index is -0.867. The third kappa shape index (κ3) is 3.57. The van der Waals surface area contributed by atoms with Gasteiger partial charge in [-0.1, -0.05) is 11.2 Å². The molecule has 2 heterocycles. The molecule has 2 aromatic heterocycles. The molecule has 1 unspecified atom stereocenters. The molecule has 6 nitrogen and oxygen atoms in total. The lowest BCUT2D eigenvalue weighted by Gasteiger charge is -2.11. The Morgan fingerprint density at radius 3 is 2.91 bits per heavy atom. The number of rotatable bonds is 6. The first kappa shape index (κ1) is 15.6. The van der Waals surface area contributed by atoms with Crippen LogP contribution in [0.2, 0.25) is 0 Å². The van der Waals surface area contributed by atoms with Crippen molar-refractivity contribution in [3.63, 3.8) is 0 Å². The first-order valence-electron chi connectivity index (χ1n) is 7.08. The summed E-state index contributed by atoms with van der Waals surface area (Å²) in [5, 5.41) is 0. The largest absolute Gasteiger partial charge is 0.616 e. The van der Waals surface area contributed by atoms with Gasteiger partial charge in [0.25, 0.3) is 0 Å². The van der Waals surface area contributed by atoms with Crippen molar-refractivity contribution in [3.8, 4) is 22.9 Å². The SMILES string of the molecule is COc1cc(OCC[S+](C)[O-])ccc1-c1nc2cnccc2[nH]1. The van der Waals surface area contributed by atoms with E-state index in [1.807, 2.05) is 18.2 Å². The molecule has 0 amide bonds. The molecule has 0 saturated heterocycles. The van der Waals surface area contributed by atoms with E-state index in [-0.39, 0.29) is 0 Å². The first-order chi connectivity index (χ1) is 11.2. The smallest absolute Gasteiger partial charge is 0.142 e. The lowest BCUT2D eigenvalue weighted by molar-refractivity contribution is 0.337. The van der Waals surface area contributed by atoms with Crippen molar-refractivity contribution < 1.29 is 14.0 Å². The second kappa shape index (κ2) is 6.89. The highest BCUT2D eigenvalue weighted by Gasteiger charge is 2.12. The van der Waals surface area contributed by atoms with Gasteiger partial charge in [0.15, 0.2) is 0 Å². The van der Waals surface area contributed by atoms with Crippen LogP contribution in [-0.4, -0.2) is 45.2 Å². The number of ether oxygens (including phenoxy) is 2. The number of imidazole rings is 1. The van der Waals surface area contributed by atoms with Crippen LogP contribution in [0.3, 0.4) is 0 Å². The van der Waals surface area contributed by atoms with E-state index in [9.17, 15) is 4.55 Å². The monoisotopic (exact) mass is 331 g/mol. The second-order valence-electron chi connectivity index (χ2n) is 4.97. The van der Waals surface area contributed by atoms with E-state index in [1.165, 1.54) is 0 Å². The second-order valence-corrected chi connectivity index (χ2v) is 6.52. The fraction of sp³-hybridized carbons (Fsp3) is 0.250. The zero-order valence-electron chi connectivity index (χ0n) is 12.9. The summed E-state index contributed by atoms with van der Waals surface area (Å²) in [6, 6.07) is 7.42. The Kier molecular flexibility index (Phi) is 4.68. The minimum absolute atomic E-state index is 0.405. The van der Waals surface area contributed by atoms with Gasteiger partial charge in [-0.2, -0.15) is 0 Å². The highest BCUT2D eigenvalue weighted by atomic mass is 32.2. The molecule has 23 heavy (non-hydrogen) atoms. The van der Waals surface area contributed by atoms with Crippen molar-refractivity contribution in [1.82, 2.24) is 15.0 Å². The third-order valence-corrected chi connectivity index (χ3v) is 4.09. The molecule has 0 aliphatic heterocycles. The maximum absolute atomic E-state index is 11.1. The van der Waals surface area contributed by atoms with Gasteiger partial charge in [-0.05, 0) is 18.2 Å². The quantitative estimate of drug-likeness (QED) is 0.701. The van der Waals surface area contributed by atoms with Gasteiger partial charge in [0.1, 0.15) is 35.2 Å². The third-order valence-electron chi connectivity index (χ3n) is 3.35. The maximum atomic E-state index is 11.1. The summed E-state index contributed by atoms with van der Waals surface area (Å²) in [7, 11) is 1.61. The zero-order chi connectivity index (χ0) is 16.2. The van der Waals surface area contributed by atoms with Crippen LogP contribution in [0.4, 0.5) is 0 Å². The predicted molar refractivity (Wildman–Crippen MR) is 90.3 cm³/mol. The number of nitrogens with one attached hydrogen (secondary N) is 1. The van der Waals surface area contributed by atoms with Crippen LogP contribution >= 0.6 is 0 Å². The van der Waals surface area contributed by atoms with Gasteiger partial charge >= 0.3 is 0 Å². The van der Waals surface area contributed by atoms with E-state index < -0.39 is 11.2 Å². The molecular weight excluding hydrogens is 314 g/mol. The van der Waals surface area contributed by atoms with Gasteiger partial charge in [-0.15, -0.1) is 0 Å². The molecule has 0 aliphatic rings. The number of H-pyrrole nitrogens is 1. The minimum Gasteiger partial charge on any atom is -0.616 e. The first-order valence-corrected chi connectivity index (χ1v) is 8.81. The molecule has 120 valence electrons. The van der Waals surface area contributed by atoms with Gasteiger partial charge in [-0.3, -0.25) is 4.98 Å². The van der Waals surface area contributed by atoms with Gasteiger partial charge in [0.2, 0.25) is 0 Å².